The van der Waals surface area contributed by atoms with Crippen LogP contribution in [-0.2, 0) is 10.1 Å². The fourth-order valence-corrected chi connectivity index (χ4v) is 1.63. The average molecular weight is 234 g/mol. The van der Waals surface area contributed by atoms with Crippen molar-refractivity contribution in [2.45, 2.75) is 45.1 Å². The van der Waals surface area contributed by atoms with Crippen molar-refractivity contribution in [2.75, 3.05) is 5.75 Å². The monoisotopic (exact) mass is 234 g/mol. The first-order valence-corrected chi connectivity index (χ1v) is 6.20. The summed E-state index contributed by atoms with van der Waals surface area (Å²) in [5, 5.41) is 9.26. The van der Waals surface area contributed by atoms with Crippen molar-refractivity contribution in [1.82, 2.24) is 0 Å². The molecule has 0 heterocycles. The van der Waals surface area contributed by atoms with E-state index < -0.39 is 16.2 Å². The second kappa shape index (κ2) is 9.12. The Morgan fingerprint density at radius 1 is 1.29 bits per heavy atom. The van der Waals surface area contributed by atoms with E-state index in [-0.39, 0.29) is 43.2 Å². The van der Waals surface area contributed by atoms with Crippen LogP contribution in [-0.4, -0.2) is 29.9 Å². The van der Waals surface area contributed by atoms with Crippen LogP contribution in [0.5, 0.6) is 0 Å². The smallest absolute Gasteiger partial charge is 1.00 e. The Hall–Kier alpha value is 0.870. The second-order valence-electron chi connectivity index (χ2n) is 3.22. The van der Waals surface area contributed by atoms with Crippen molar-refractivity contribution >= 4 is 10.1 Å². The number of rotatable bonds is 7. The Labute approximate surface area is 110 Å². The van der Waals surface area contributed by atoms with Crippen LogP contribution in [0.1, 0.15) is 40.5 Å². The van der Waals surface area contributed by atoms with Gasteiger partial charge in [0.25, 0.3) is 10.1 Å². The van der Waals surface area contributed by atoms with Crippen LogP contribution < -0.4 is 29.6 Å². The molecule has 4 nitrogen and oxygen atoms in total. The van der Waals surface area contributed by atoms with Gasteiger partial charge in [0, 0.05) is 0 Å². The topological polar surface area (TPSA) is 74.6 Å². The molecule has 0 bridgehead atoms. The molecule has 6 heteroatoms. The van der Waals surface area contributed by atoms with E-state index in [1.807, 2.05) is 0 Å². The van der Waals surface area contributed by atoms with Crippen molar-refractivity contribution in [3.05, 3.63) is 0 Å². The fraction of sp³-hybridized carbons (Fsp3) is 1.00. The van der Waals surface area contributed by atoms with Gasteiger partial charge in [-0.3, -0.25) is 4.55 Å². The molecule has 0 aliphatic carbocycles. The first-order chi connectivity index (χ1) is 5.95. The SMILES string of the molecule is CCCCCC(O)CCS(=O)(=O)O.[H-].[Na+]. The molecule has 0 aromatic heterocycles. The third-order valence-corrected chi connectivity index (χ3v) is 2.60. The molecule has 0 spiro atoms. The van der Waals surface area contributed by atoms with Crippen LogP contribution in [0, 0.1) is 0 Å². The average Bonchev–Trinajstić information content (AvgIpc) is 2.00. The summed E-state index contributed by atoms with van der Waals surface area (Å²) in [6.07, 6.45) is 3.16. The normalized spacial score (nSPS) is 13.4. The van der Waals surface area contributed by atoms with Gasteiger partial charge in [-0.15, -0.1) is 0 Å². The van der Waals surface area contributed by atoms with Crippen LogP contribution in [0.2, 0.25) is 0 Å². The van der Waals surface area contributed by atoms with Gasteiger partial charge in [-0.05, 0) is 12.8 Å². The second-order valence-corrected chi connectivity index (χ2v) is 4.80. The minimum Gasteiger partial charge on any atom is -1.00 e. The van der Waals surface area contributed by atoms with E-state index in [1.54, 1.807) is 0 Å². The molecule has 0 aromatic rings. The summed E-state index contributed by atoms with van der Waals surface area (Å²) < 4.78 is 29.0. The maximum atomic E-state index is 10.3. The first-order valence-electron chi connectivity index (χ1n) is 4.59. The summed E-state index contributed by atoms with van der Waals surface area (Å²) in [5.41, 5.74) is 0. The van der Waals surface area contributed by atoms with Gasteiger partial charge in [-0.2, -0.15) is 8.42 Å². The van der Waals surface area contributed by atoms with Gasteiger partial charge in [-0.25, -0.2) is 0 Å². The summed E-state index contributed by atoms with van der Waals surface area (Å²) in [5.74, 6) is -0.347. The maximum Gasteiger partial charge on any atom is 1.00 e. The quantitative estimate of drug-likeness (QED) is 0.313. The van der Waals surface area contributed by atoms with Gasteiger partial charge in [0.2, 0.25) is 0 Å². The number of hydrogen-bond donors (Lipinski definition) is 2. The van der Waals surface area contributed by atoms with E-state index >= 15 is 0 Å². The third-order valence-electron chi connectivity index (χ3n) is 1.85. The van der Waals surface area contributed by atoms with Gasteiger partial charge in [0.05, 0.1) is 11.9 Å². The molecule has 82 valence electrons. The molecule has 0 fully saturated rings. The van der Waals surface area contributed by atoms with Crippen LogP contribution in [0.25, 0.3) is 0 Å². The van der Waals surface area contributed by atoms with Crippen molar-refractivity contribution < 1.29 is 49.1 Å². The Morgan fingerprint density at radius 2 is 1.86 bits per heavy atom. The molecule has 0 aliphatic rings. The summed E-state index contributed by atoms with van der Waals surface area (Å²) in [7, 11) is -3.91. The summed E-state index contributed by atoms with van der Waals surface area (Å²) in [4.78, 5) is 0. The van der Waals surface area contributed by atoms with Crippen LogP contribution in [0.4, 0.5) is 0 Å². The minimum absolute atomic E-state index is 0. The molecule has 0 rings (SSSR count). The van der Waals surface area contributed by atoms with E-state index in [2.05, 4.69) is 6.92 Å². The molecule has 14 heavy (non-hydrogen) atoms. The van der Waals surface area contributed by atoms with Crippen molar-refractivity contribution in [3.8, 4) is 0 Å². The molecule has 0 saturated heterocycles. The van der Waals surface area contributed by atoms with Gasteiger partial charge >= 0.3 is 29.6 Å². The predicted octanol–water partition coefficient (Wildman–Crippen LogP) is -1.68. The number of hydrogen-bond acceptors (Lipinski definition) is 3. The first kappa shape index (κ1) is 17.3. The van der Waals surface area contributed by atoms with E-state index in [0.29, 0.717) is 6.42 Å². The molecular weight excluding hydrogens is 215 g/mol. The van der Waals surface area contributed by atoms with Crippen LogP contribution in [0.3, 0.4) is 0 Å². The predicted molar refractivity (Wildman–Crippen MR) is 52.3 cm³/mol. The third kappa shape index (κ3) is 12.9. The molecule has 2 N–H and O–H groups in total. The Kier molecular flexibility index (Phi) is 11.3. The molecular formula is C8H19NaO4S. The van der Waals surface area contributed by atoms with Gasteiger partial charge in [-0.1, -0.05) is 26.2 Å². The molecule has 0 radical (unpaired) electrons. The number of unbranched alkanes of at least 4 members (excludes halogenated alkanes) is 2. The molecule has 1 unspecified atom stereocenters. The molecule has 1 atom stereocenters. The standard InChI is InChI=1S/C8H18O4S.Na.H/c1-2-3-4-5-8(9)6-7-13(10,11)12;;/h8-9H,2-7H2,1H3,(H,10,11,12);;/q;+1;-1. The van der Waals surface area contributed by atoms with Gasteiger partial charge in [0.15, 0.2) is 0 Å². The molecule has 0 saturated carbocycles. The zero-order chi connectivity index (χ0) is 10.3. The zero-order valence-electron chi connectivity index (χ0n) is 9.94. The summed E-state index contributed by atoms with van der Waals surface area (Å²) in [6.45, 7) is 2.06. The van der Waals surface area contributed by atoms with E-state index in [1.165, 1.54) is 0 Å². The van der Waals surface area contributed by atoms with Crippen molar-refractivity contribution in [2.24, 2.45) is 0 Å². The van der Waals surface area contributed by atoms with Crippen molar-refractivity contribution in [1.29, 1.82) is 0 Å². The van der Waals surface area contributed by atoms with Gasteiger partial charge < -0.3 is 6.53 Å². The number of aliphatic hydroxyl groups excluding tert-OH is 1. The van der Waals surface area contributed by atoms with E-state index in [0.717, 1.165) is 19.3 Å². The van der Waals surface area contributed by atoms with Crippen LogP contribution >= 0.6 is 0 Å². The Bertz CT molecular complexity index is 221. The Morgan fingerprint density at radius 3 is 2.29 bits per heavy atom. The zero-order valence-corrected chi connectivity index (χ0v) is 11.8. The van der Waals surface area contributed by atoms with Crippen molar-refractivity contribution in [3.63, 3.8) is 0 Å². The van der Waals surface area contributed by atoms with E-state index in [9.17, 15) is 13.5 Å². The minimum atomic E-state index is -3.91. The molecule has 0 amide bonds. The largest absolute Gasteiger partial charge is 1.00 e. The Balaban J connectivity index is -0.000000720. The number of aliphatic hydroxyl groups is 1. The maximum absolute atomic E-state index is 10.3. The summed E-state index contributed by atoms with van der Waals surface area (Å²) in [6, 6.07) is 0. The fourth-order valence-electron chi connectivity index (χ4n) is 1.06. The van der Waals surface area contributed by atoms with E-state index in [4.69, 9.17) is 4.55 Å². The van der Waals surface area contributed by atoms with Gasteiger partial charge in [0.1, 0.15) is 0 Å². The molecule has 0 aromatic carbocycles. The molecule has 0 aliphatic heterocycles. The summed E-state index contributed by atoms with van der Waals surface area (Å²) >= 11 is 0. The van der Waals surface area contributed by atoms with Crippen LogP contribution in [0.15, 0.2) is 0 Å².